The number of hydrogen-bond acceptors (Lipinski definition) is 5. The molecule has 0 spiro atoms. The summed E-state index contributed by atoms with van der Waals surface area (Å²) in [7, 11) is 1.67. The van der Waals surface area contributed by atoms with Gasteiger partial charge in [0.15, 0.2) is 0 Å². The van der Waals surface area contributed by atoms with Gasteiger partial charge in [-0.3, -0.25) is 19.9 Å². The molecule has 0 saturated carbocycles. The van der Waals surface area contributed by atoms with Crippen LogP contribution in [0.15, 0.2) is 66.7 Å². The summed E-state index contributed by atoms with van der Waals surface area (Å²) in [4.78, 5) is 15.6. The summed E-state index contributed by atoms with van der Waals surface area (Å²) in [5, 5.41) is 14.2. The van der Waals surface area contributed by atoms with Crippen molar-refractivity contribution in [2.45, 2.75) is 12.6 Å². The van der Waals surface area contributed by atoms with Crippen LogP contribution in [0, 0.1) is 21.7 Å². The molecule has 1 saturated heterocycles. The number of nitro groups is 1. The van der Waals surface area contributed by atoms with Crippen LogP contribution in [0.3, 0.4) is 0 Å². The van der Waals surface area contributed by atoms with Gasteiger partial charge < -0.3 is 5.32 Å². The Bertz CT molecular complexity index is 1050. The zero-order chi connectivity index (χ0) is 23.4. The van der Waals surface area contributed by atoms with Gasteiger partial charge >= 0.3 is 0 Å². The van der Waals surface area contributed by atoms with Gasteiger partial charge in [-0.05, 0) is 47.0 Å². The highest BCUT2D eigenvalue weighted by Crippen LogP contribution is 2.31. The van der Waals surface area contributed by atoms with Gasteiger partial charge in [-0.2, -0.15) is 0 Å². The van der Waals surface area contributed by atoms with Crippen molar-refractivity contribution in [2.75, 3.05) is 38.5 Å². The standard InChI is InChI=1S/C25H26F2N4O2/c1-28-23-11-2-18(16-24(23)31(32)33)17-29-12-14-30(15-13-29)25(19-3-7-21(26)8-4-19)20-5-9-22(27)10-6-20/h2-11,16,25,28H,12-15,17H2,1H3. The van der Waals surface area contributed by atoms with Crippen LogP contribution in [-0.4, -0.2) is 47.9 Å². The molecule has 0 amide bonds. The van der Waals surface area contributed by atoms with E-state index in [0.717, 1.165) is 42.9 Å². The third-order valence-corrected chi connectivity index (χ3v) is 6.08. The zero-order valence-electron chi connectivity index (χ0n) is 18.4. The Morgan fingerprint density at radius 3 is 1.94 bits per heavy atom. The minimum atomic E-state index is -0.372. The fourth-order valence-electron chi connectivity index (χ4n) is 4.38. The molecule has 1 aliphatic rings. The average Bonchev–Trinajstić information content (AvgIpc) is 2.82. The predicted molar refractivity (Wildman–Crippen MR) is 124 cm³/mol. The smallest absolute Gasteiger partial charge is 0.292 e. The summed E-state index contributed by atoms with van der Waals surface area (Å²) < 4.78 is 27.0. The quantitative estimate of drug-likeness (QED) is 0.411. The number of anilines is 1. The maximum Gasteiger partial charge on any atom is 0.292 e. The lowest BCUT2D eigenvalue weighted by molar-refractivity contribution is -0.384. The van der Waals surface area contributed by atoms with Crippen molar-refractivity contribution >= 4 is 11.4 Å². The van der Waals surface area contributed by atoms with Gasteiger partial charge in [-0.1, -0.05) is 30.3 Å². The van der Waals surface area contributed by atoms with Crippen LogP contribution in [0.5, 0.6) is 0 Å². The molecule has 0 aliphatic carbocycles. The van der Waals surface area contributed by atoms with Crippen LogP contribution in [0.1, 0.15) is 22.7 Å². The lowest BCUT2D eigenvalue weighted by atomic mass is 9.96. The van der Waals surface area contributed by atoms with E-state index in [1.807, 2.05) is 6.07 Å². The van der Waals surface area contributed by atoms with Gasteiger partial charge in [0.1, 0.15) is 17.3 Å². The van der Waals surface area contributed by atoms with E-state index in [-0.39, 0.29) is 28.3 Å². The van der Waals surface area contributed by atoms with E-state index in [1.54, 1.807) is 43.4 Å². The highest BCUT2D eigenvalue weighted by atomic mass is 19.1. The molecule has 33 heavy (non-hydrogen) atoms. The Labute approximate surface area is 191 Å². The summed E-state index contributed by atoms with van der Waals surface area (Å²) in [6, 6.07) is 18.1. The van der Waals surface area contributed by atoms with Crippen molar-refractivity contribution in [3.8, 4) is 0 Å². The Morgan fingerprint density at radius 2 is 1.45 bits per heavy atom. The Hall–Kier alpha value is -3.36. The summed E-state index contributed by atoms with van der Waals surface area (Å²) in [6.45, 7) is 3.70. The molecule has 1 aliphatic heterocycles. The second-order valence-electron chi connectivity index (χ2n) is 8.18. The summed E-state index contributed by atoms with van der Waals surface area (Å²) >= 11 is 0. The molecule has 3 aromatic rings. The molecule has 0 radical (unpaired) electrons. The van der Waals surface area contributed by atoms with E-state index in [4.69, 9.17) is 0 Å². The first-order valence-corrected chi connectivity index (χ1v) is 10.9. The molecule has 0 atom stereocenters. The number of benzene rings is 3. The number of nitrogens with zero attached hydrogens (tertiary/aromatic N) is 3. The first-order valence-electron chi connectivity index (χ1n) is 10.9. The van der Waals surface area contributed by atoms with Crippen molar-refractivity contribution in [3.05, 3.63) is 105 Å². The van der Waals surface area contributed by atoms with E-state index in [2.05, 4.69) is 15.1 Å². The molecule has 0 bridgehead atoms. The Kier molecular flexibility index (Phi) is 6.96. The molecule has 0 unspecified atom stereocenters. The molecule has 8 heteroatoms. The van der Waals surface area contributed by atoms with Gasteiger partial charge in [0.25, 0.3) is 5.69 Å². The maximum atomic E-state index is 13.5. The molecule has 3 aromatic carbocycles. The first-order chi connectivity index (χ1) is 15.9. The Balaban J connectivity index is 1.48. The highest BCUT2D eigenvalue weighted by Gasteiger charge is 2.27. The molecule has 4 rings (SSSR count). The van der Waals surface area contributed by atoms with Crippen LogP contribution in [-0.2, 0) is 6.54 Å². The van der Waals surface area contributed by atoms with Gasteiger partial charge in [-0.15, -0.1) is 0 Å². The number of nitro benzene ring substituents is 1. The largest absolute Gasteiger partial charge is 0.383 e. The number of halogens is 2. The maximum absolute atomic E-state index is 13.5. The van der Waals surface area contributed by atoms with Crippen LogP contribution in [0.25, 0.3) is 0 Å². The second kappa shape index (κ2) is 10.1. The molecule has 172 valence electrons. The van der Waals surface area contributed by atoms with Crippen molar-refractivity contribution in [3.63, 3.8) is 0 Å². The number of rotatable bonds is 7. The average molecular weight is 453 g/mol. The van der Waals surface area contributed by atoms with Crippen LogP contribution in [0.2, 0.25) is 0 Å². The molecular formula is C25H26F2N4O2. The fraction of sp³-hybridized carbons (Fsp3) is 0.280. The van der Waals surface area contributed by atoms with Crippen molar-refractivity contribution in [2.24, 2.45) is 0 Å². The van der Waals surface area contributed by atoms with E-state index < -0.39 is 0 Å². The number of hydrogen-bond donors (Lipinski definition) is 1. The predicted octanol–water partition coefficient (Wildman–Crippen LogP) is 4.82. The van der Waals surface area contributed by atoms with Crippen molar-refractivity contribution in [1.29, 1.82) is 0 Å². The fourth-order valence-corrected chi connectivity index (χ4v) is 4.38. The monoisotopic (exact) mass is 452 g/mol. The molecule has 0 aromatic heterocycles. The lowest BCUT2D eigenvalue weighted by Gasteiger charge is -2.39. The zero-order valence-corrected chi connectivity index (χ0v) is 18.4. The van der Waals surface area contributed by atoms with Gasteiger partial charge in [0, 0.05) is 45.8 Å². The van der Waals surface area contributed by atoms with Gasteiger partial charge in [-0.25, -0.2) is 8.78 Å². The van der Waals surface area contributed by atoms with Crippen molar-refractivity contribution < 1.29 is 13.7 Å². The third-order valence-electron chi connectivity index (χ3n) is 6.08. The van der Waals surface area contributed by atoms with Crippen LogP contribution in [0.4, 0.5) is 20.2 Å². The van der Waals surface area contributed by atoms with Gasteiger partial charge in [0.05, 0.1) is 11.0 Å². The van der Waals surface area contributed by atoms with Crippen molar-refractivity contribution in [1.82, 2.24) is 9.80 Å². The van der Waals surface area contributed by atoms with E-state index in [1.165, 1.54) is 24.3 Å². The second-order valence-corrected chi connectivity index (χ2v) is 8.18. The van der Waals surface area contributed by atoms with E-state index in [0.29, 0.717) is 12.2 Å². The third kappa shape index (κ3) is 5.35. The van der Waals surface area contributed by atoms with Gasteiger partial charge in [0.2, 0.25) is 0 Å². The van der Waals surface area contributed by atoms with Crippen LogP contribution >= 0.6 is 0 Å². The summed E-state index contributed by atoms with van der Waals surface area (Å²) in [5.74, 6) is -0.584. The summed E-state index contributed by atoms with van der Waals surface area (Å²) in [5.41, 5.74) is 3.36. The van der Waals surface area contributed by atoms with E-state index in [9.17, 15) is 18.9 Å². The first kappa shape index (κ1) is 22.8. The molecule has 1 N–H and O–H groups in total. The molecule has 1 heterocycles. The number of nitrogens with one attached hydrogen (secondary N) is 1. The molecular weight excluding hydrogens is 426 g/mol. The highest BCUT2D eigenvalue weighted by molar-refractivity contribution is 5.62. The molecule has 6 nitrogen and oxygen atoms in total. The SMILES string of the molecule is CNc1ccc(CN2CCN(C(c3ccc(F)cc3)c3ccc(F)cc3)CC2)cc1[N+](=O)[O-]. The lowest BCUT2D eigenvalue weighted by Crippen LogP contribution is -2.47. The van der Waals surface area contributed by atoms with Crippen LogP contribution < -0.4 is 5.32 Å². The normalized spacial score (nSPS) is 15.0. The summed E-state index contributed by atoms with van der Waals surface area (Å²) in [6.07, 6.45) is 0. The van der Waals surface area contributed by atoms with E-state index >= 15 is 0 Å². The minimum absolute atomic E-state index is 0.0707. The molecule has 1 fully saturated rings. The number of piperazine rings is 1. The topological polar surface area (TPSA) is 61.6 Å². The Morgan fingerprint density at radius 1 is 0.909 bits per heavy atom. The minimum Gasteiger partial charge on any atom is -0.383 e.